The Kier molecular flexibility index (Phi) is 4.68. The number of benzene rings is 2. The fourth-order valence-electron chi connectivity index (χ4n) is 2.10. The van der Waals surface area contributed by atoms with Crippen molar-refractivity contribution >= 4 is 11.6 Å². The lowest BCUT2D eigenvalue weighted by Gasteiger charge is -2.20. The van der Waals surface area contributed by atoms with Gasteiger partial charge in [-0.1, -0.05) is 30.7 Å². The quantitative estimate of drug-likeness (QED) is 0.879. The van der Waals surface area contributed by atoms with Crippen molar-refractivity contribution < 1.29 is 13.2 Å². The van der Waals surface area contributed by atoms with Crippen molar-refractivity contribution in [3.8, 4) is 0 Å². The topological polar surface area (TPSA) is 12.0 Å². The van der Waals surface area contributed by atoms with Gasteiger partial charge in [0.25, 0.3) is 0 Å². The van der Waals surface area contributed by atoms with E-state index in [0.29, 0.717) is 12.1 Å². The Morgan fingerprint density at radius 2 is 1.75 bits per heavy atom. The van der Waals surface area contributed by atoms with Crippen LogP contribution in [0.1, 0.15) is 24.1 Å². The molecule has 0 fully saturated rings. The molecular formula is C15H13ClF3N. The smallest absolute Gasteiger partial charge is 0.146 e. The zero-order chi connectivity index (χ0) is 14.7. The summed E-state index contributed by atoms with van der Waals surface area (Å²) < 4.78 is 40.8. The Labute approximate surface area is 120 Å². The van der Waals surface area contributed by atoms with Crippen LogP contribution >= 0.6 is 11.6 Å². The summed E-state index contributed by atoms with van der Waals surface area (Å²) >= 11 is 5.76. The molecule has 20 heavy (non-hydrogen) atoms. The predicted octanol–water partition coefficient (Wildman–Crippen LogP) is 4.46. The Morgan fingerprint density at radius 1 is 1.10 bits per heavy atom. The van der Waals surface area contributed by atoms with E-state index in [4.69, 9.17) is 11.6 Å². The zero-order valence-corrected chi connectivity index (χ0v) is 11.5. The molecule has 0 aromatic heterocycles. The first-order valence-corrected chi connectivity index (χ1v) is 6.54. The molecule has 5 heteroatoms. The molecule has 0 saturated heterocycles. The molecule has 0 aliphatic carbocycles. The molecule has 0 aliphatic rings. The van der Waals surface area contributed by atoms with E-state index in [9.17, 15) is 13.2 Å². The normalized spacial score (nSPS) is 12.4. The van der Waals surface area contributed by atoms with Crippen molar-refractivity contribution in [2.45, 2.75) is 13.0 Å². The van der Waals surface area contributed by atoms with Crippen LogP contribution < -0.4 is 5.32 Å². The number of rotatable bonds is 4. The van der Waals surface area contributed by atoms with Crippen LogP contribution in [0.25, 0.3) is 0 Å². The standard InChI is InChI=1S/C15H13ClF3N/c1-2-20-15(9-6-10(17)8-11(18)7-9)12-4-3-5-13(16)14(12)19/h3-8,15,20H,2H2,1H3. The van der Waals surface area contributed by atoms with Gasteiger partial charge < -0.3 is 5.32 Å². The van der Waals surface area contributed by atoms with Gasteiger partial charge in [0.2, 0.25) is 0 Å². The van der Waals surface area contributed by atoms with Gasteiger partial charge in [-0.2, -0.15) is 0 Å². The third-order valence-electron chi connectivity index (χ3n) is 2.92. The summed E-state index contributed by atoms with van der Waals surface area (Å²) in [6.07, 6.45) is 0. The Bertz CT molecular complexity index is 596. The first-order chi connectivity index (χ1) is 9.52. The third kappa shape index (κ3) is 3.14. The van der Waals surface area contributed by atoms with Crippen LogP contribution in [-0.2, 0) is 0 Å². The molecule has 0 spiro atoms. The van der Waals surface area contributed by atoms with Gasteiger partial charge in [-0.15, -0.1) is 0 Å². The first kappa shape index (κ1) is 14.9. The monoisotopic (exact) mass is 299 g/mol. The third-order valence-corrected chi connectivity index (χ3v) is 3.21. The Morgan fingerprint density at radius 3 is 2.35 bits per heavy atom. The molecular weight excluding hydrogens is 287 g/mol. The van der Waals surface area contributed by atoms with E-state index in [2.05, 4.69) is 5.32 Å². The van der Waals surface area contributed by atoms with E-state index in [0.717, 1.165) is 6.07 Å². The summed E-state index contributed by atoms with van der Waals surface area (Å²) in [6, 6.07) is 7.03. The van der Waals surface area contributed by atoms with Gasteiger partial charge in [0.1, 0.15) is 17.5 Å². The number of nitrogens with one attached hydrogen (secondary N) is 1. The van der Waals surface area contributed by atoms with Crippen LogP contribution in [0, 0.1) is 17.5 Å². The fourth-order valence-corrected chi connectivity index (χ4v) is 2.28. The van der Waals surface area contributed by atoms with Crippen LogP contribution in [-0.4, -0.2) is 6.54 Å². The average molecular weight is 300 g/mol. The second-order valence-corrected chi connectivity index (χ2v) is 4.74. The molecule has 0 radical (unpaired) electrons. The lowest BCUT2D eigenvalue weighted by atomic mass is 9.98. The maximum absolute atomic E-state index is 14.1. The van der Waals surface area contributed by atoms with Crippen molar-refractivity contribution in [3.05, 3.63) is 70.0 Å². The molecule has 1 nitrogen and oxygen atoms in total. The second-order valence-electron chi connectivity index (χ2n) is 4.34. The van der Waals surface area contributed by atoms with Gasteiger partial charge in [0.15, 0.2) is 0 Å². The minimum atomic E-state index is -0.703. The second kappa shape index (κ2) is 6.29. The average Bonchev–Trinajstić information content (AvgIpc) is 2.38. The van der Waals surface area contributed by atoms with Gasteiger partial charge >= 0.3 is 0 Å². The van der Waals surface area contributed by atoms with Gasteiger partial charge in [-0.05, 0) is 30.3 Å². The highest BCUT2D eigenvalue weighted by Crippen LogP contribution is 2.29. The molecule has 1 unspecified atom stereocenters. The minimum Gasteiger partial charge on any atom is -0.306 e. The molecule has 106 valence electrons. The van der Waals surface area contributed by atoms with Gasteiger partial charge in [-0.25, -0.2) is 13.2 Å². The van der Waals surface area contributed by atoms with Crippen LogP contribution in [0.5, 0.6) is 0 Å². The minimum absolute atomic E-state index is 0.0257. The highest BCUT2D eigenvalue weighted by molar-refractivity contribution is 6.30. The maximum atomic E-state index is 14.1. The highest BCUT2D eigenvalue weighted by Gasteiger charge is 2.19. The van der Waals surface area contributed by atoms with E-state index < -0.39 is 23.5 Å². The molecule has 2 aromatic carbocycles. The van der Waals surface area contributed by atoms with Crippen molar-refractivity contribution in [2.24, 2.45) is 0 Å². The van der Waals surface area contributed by atoms with E-state index in [1.807, 2.05) is 6.92 Å². The number of hydrogen-bond donors (Lipinski definition) is 1. The highest BCUT2D eigenvalue weighted by atomic mass is 35.5. The summed E-state index contributed by atoms with van der Waals surface area (Å²) in [7, 11) is 0. The van der Waals surface area contributed by atoms with Crippen molar-refractivity contribution in [2.75, 3.05) is 6.54 Å². The fraction of sp³-hybridized carbons (Fsp3) is 0.200. The molecule has 2 rings (SSSR count). The summed E-state index contributed by atoms with van der Waals surface area (Å²) in [5.74, 6) is -2.00. The van der Waals surface area contributed by atoms with Crippen LogP contribution in [0.2, 0.25) is 5.02 Å². The summed E-state index contributed by atoms with van der Waals surface area (Å²) in [5.41, 5.74) is 0.565. The largest absolute Gasteiger partial charge is 0.306 e. The van der Waals surface area contributed by atoms with E-state index in [1.54, 1.807) is 6.07 Å². The molecule has 0 amide bonds. The van der Waals surface area contributed by atoms with Crippen molar-refractivity contribution in [3.63, 3.8) is 0 Å². The number of halogens is 4. The molecule has 1 N–H and O–H groups in total. The number of hydrogen-bond acceptors (Lipinski definition) is 1. The van der Waals surface area contributed by atoms with E-state index >= 15 is 0 Å². The first-order valence-electron chi connectivity index (χ1n) is 6.16. The van der Waals surface area contributed by atoms with Crippen LogP contribution in [0.4, 0.5) is 13.2 Å². The van der Waals surface area contributed by atoms with Crippen molar-refractivity contribution in [1.29, 1.82) is 0 Å². The maximum Gasteiger partial charge on any atom is 0.146 e. The van der Waals surface area contributed by atoms with Gasteiger partial charge in [0, 0.05) is 11.6 Å². The van der Waals surface area contributed by atoms with E-state index in [1.165, 1.54) is 24.3 Å². The SMILES string of the molecule is CCNC(c1cc(F)cc(F)c1)c1cccc(Cl)c1F. The lowest BCUT2D eigenvalue weighted by molar-refractivity contribution is 0.543. The van der Waals surface area contributed by atoms with Crippen LogP contribution in [0.3, 0.4) is 0 Å². The summed E-state index contributed by atoms with van der Waals surface area (Å²) in [4.78, 5) is 0. The molecule has 1 atom stereocenters. The molecule has 2 aromatic rings. The van der Waals surface area contributed by atoms with Crippen molar-refractivity contribution in [1.82, 2.24) is 5.32 Å². The van der Waals surface area contributed by atoms with Gasteiger partial charge in [-0.3, -0.25) is 0 Å². The molecule has 0 heterocycles. The molecule has 0 saturated carbocycles. The summed E-state index contributed by atoms with van der Waals surface area (Å²) in [5, 5.41) is 2.98. The zero-order valence-electron chi connectivity index (χ0n) is 10.8. The van der Waals surface area contributed by atoms with Gasteiger partial charge in [0.05, 0.1) is 11.1 Å². The molecule has 0 bridgehead atoms. The lowest BCUT2D eigenvalue weighted by Crippen LogP contribution is -2.23. The molecule has 0 aliphatic heterocycles. The van der Waals surface area contributed by atoms with Crippen LogP contribution in [0.15, 0.2) is 36.4 Å². The van der Waals surface area contributed by atoms with E-state index in [-0.39, 0.29) is 10.6 Å². The Hall–Kier alpha value is -1.52. The Balaban J connectivity index is 2.53. The predicted molar refractivity (Wildman–Crippen MR) is 73.3 cm³/mol. The summed E-state index contributed by atoms with van der Waals surface area (Å²) in [6.45, 7) is 2.33.